The fourth-order valence-corrected chi connectivity index (χ4v) is 3.83. The van der Waals surface area contributed by atoms with Gasteiger partial charge in [0.1, 0.15) is 0 Å². The Labute approximate surface area is 165 Å². The van der Waals surface area contributed by atoms with E-state index in [4.69, 9.17) is 5.73 Å². The molecule has 0 heterocycles. The van der Waals surface area contributed by atoms with Crippen LogP contribution in [-0.4, -0.2) is 17.6 Å². The van der Waals surface area contributed by atoms with E-state index in [0.29, 0.717) is 17.0 Å². The molecule has 27 heavy (non-hydrogen) atoms. The summed E-state index contributed by atoms with van der Waals surface area (Å²) in [5.74, 6) is 0.633. The van der Waals surface area contributed by atoms with Crippen LogP contribution in [0.2, 0.25) is 0 Å². The molecule has 0 aliphatic rings. The lowest BCUT2D eigenvalue weighted by molar-refractivity contribution is -0.113. The lowest BCUT2D eigenvalue weighted by Gasteiger charge is -2.22. The molecule has 2 amide bonds. The molecule has 0 bridgehead atoms. The van der Waals surface area contributed by atoms with Gasteiger partial charge in [0.05, 0.1) is 5.75 Å². The van der Waals surface area contributed by atoms with Crippen molar-refractivity contribution in [1.82, 2.24) is 0 Å². The van der Waals surface area contributed by atoms with Crippen molar-refractivity contribution >= 4 is 29.3 Å². The van der Waals surface area contributed by atoms with E-state index in [1.165, 1.54) is 22.3 Å². The maximum atomic E-state index is 12.2. The summed E-state index contributed by atoms with van der Waals surface area (Å²) in [6.45, 7) is 10.9. The van der Waals surface area contributed by atoms with Crippen LogP contribution in [-0.2, 0) is 16.0 Å². The van der Waals surface area contributed by atoms with Crippen molar-refractivity contribution in [2.45, 2.75) is 45.8 Å². The number of anilines is 1. The molecular formula is C22H28N2O2S. The Kier molecular flexibility index (Phi) is 6.71. The first-order valence-electron chi connectivity index (χ1n) is 8.96. The number of rotatable bonds is 6. The molecule has 0 saturated heterocycles. The van der Waals surface area contributed by atoms with Crippen LogP contribution in [0.5, 0.6) is 0 Å². The van der Waals surface area contributed by atoms with Gasteiger partial charge in [-0.25, -0.2) is 0 Å². The molecule has 3 N–H and O–H groups in total. The average Bonchev–Trinajstić information content (AvgIpc) is 2.56. The Morgan fingerprint density at radius 2 is 1.59 bits per heavy atom. The highest BCUT2D eigenvalue weighted by Gasteiger charge is 2.16. The Morgan fingerprint density at radius 1 is 1.04 bits per heavy atom. The van der Waals surface area contributed by atoms with E-state index >= 15 is 0 Å². The summed E-state index contributed by atoms with van der Waals surface area (Å²) in [5, 5.41) is 2.84. The fourth-order valence-electron chi connectivity index (χ4n) is 2.81. The molecule has 0 fully saturated rings. The lowest BCUT2D eigenvalue weighted by Crippen LogP contribution is -2.15. The van der Waals surface area contributed by atoms with Crippen LogP contribution in [0.4, 0.5) is 5.69 Å². The van der Waals surface area contributed by atoms with Crippen LogP contribution < -0.4 is 11.1 Å². The molecule has 0 atom stereocenters. The second-order valence-electron chi connectivity index (χ2n) is 7.82. The first kappa shape index (κ1) is 21.0. The van der Waals surface area contributed by atoms with Crippen molar-refractivity contribution in [3.05, 3.63) is 64.2 Å². The molecule has 0 spiro atoms. The van der Waals surface area contributed by atoms with Crippen LogP contribution in [0.15, 0.2) is 36.4 Å². The van der Waals surface area contributed by atoms with Gasteiger partial charge in [-0.2, -0.15) is 0 Å². The van der Waals surface area contributed by atoms with E-state index in [1.54, 1.807) is 36.0 Å². The topological polar surface area (TPSA) is 72.2 Å². The molecule has 2 aromatic rings. The summed E-state index contributed by atoms with van der Waals surface area (Å²) in [7, 11) is 0. The van der Waals surface area contributed by atoms with E-state index in [1.807, 2.05) is 0 Å². The minimum Gasteiger partial charge on any atom is -0.366 e. The second kappa shape index (κ2) is 8.61. The van der Waals surface area contributed by atoms with Crippen molar-refractivity contribution < 1.29 is 9.59 Å². The third-order valence-electron chi connectivity index (χ3n) is 4.49. The quantitative estimate of drug-likeness (QED) is 0.766. The molecule has 0 aliphatic heterocycles. The number of nitrogens with two attached hydrogens (primary N) is 1. The van der Waals surface area contributed by atoms with Crippen LogP contribution in [0.1, 0.15) is 53.4 Å². The van der Waals surface area contributed by atoms with Gasteiger partial charge in [0.2, 0.25) is 11.8 Å². The van der Waals surface area contributed by atoms with E-state index in [0.717, 1.165) is 5.75 Å². The second-order valence-corrected chi connectivity index (χ2v) is 8.81. The van der Waals surface area contributed by atoms with Gasteiger partial charge in [-0.15, -0.1) is 11.8 Å². The first-order chi connectivity index (χ1) is 12.6. The maximum absolute atomic E-state index is 12.2. The van der Waals surface area contributed by atoms with E-state index in [9.17, 15) is 9.59 Å². The molecule has 0 aromatic heterocycles. The number of aryl methyl sites for hydroxylation is 2. The van der Waals surface area contributed by atoms with Crippen molar-refractivity contribution in [2.24, 2.45) is 5.73 Å². The molecule has 5 heteroatoms. The number of amides is 2. The van der Waals surface area contributed by atoms with Gasteiger partial charge in [0.15, 0.2) is 0 Å². The maximum Gasteiger partial charge on any atom is 0.248 e. The number of primary amides is 1. The zero-order chi connectivity index (χ0) is 20.2. The van der Waals surface area contributed by atoms with Gasteiger partial charge < -0.3 is 11.1 Å². The molecule has 0 aliphatic carbocycles. The van der Waals surface area contributed by atoms with Crippen LogP contribution in [0.25, 0.3) is 0 Å². The summed E-state index contributed by atoms with van der Waals surface area (Å²) in [6.07, 6.45) is 0. The molecule has 0 unspecified atom stereocenters. The summed E-state index contributed by atoms with van der Waals surface area (Å²) >= 11 is 1.60. The Bertz CT molecular complexity index is 813. The summed E-state index contributed by atoms with van der Waals surface area (Å²) in [4.78, 5) is 23.2. The van der Waals surface area contributed by atoms with E-state index in [-0.39, 0.29) is 11.3 Å². The molecule has 0 radical (unpaired) electrons. The Hall–Kier alpha value is -2.27. The highest BCUT2D eigenvalue weighted by atomic mass is 32.2. The Morgan fingerprint density at radius 3 is 2.07 bits per heavy atom. The number of hydrogen-bond donors (Lipinski definition) is 2. The largest absolute Gasteiger partial charge is 0.366 e. The minimum atomic E-state index is -0.480. The number of benzene rings is 2. The SMILES string of the molecule is Cc1cc(C(C)(C)C)cc(C)c1CSCC(=O)Nc1ccc(C(N)=O)cc1. The summed E-state index contributed by atoms with van der Waals surface area (Å²) in [6, 6.07) is 11.1. The number of carbonyl (C=O) groups is 2. The molecule has 2 rings (SSSR count). The molecule has 4 nitrogen and oxygen atoms in total. The standard InChI is InChI=1S/C22H28N2O2S/c1-14-10-17(22(3,4)5)11-15(2)19(14)12-27-13-20(25)24-18-8-6-16(7-9-18)21(23)26/h6-11H,12-13H2,1-5H3,(H2,23,26)(H,24,25). The smallest absolute Gasteiger partial charge is 0.248 e. The monoisotopic (exact) mass is 384 g/mol. The number of carbonyl (C=O) groups excluding carboxylic acids is 2. The summed E-state index contributed by atoms with van der Waals surface area (Å²) in [5.41, 5.74) is 11.6. The fraction of sp³-hybridized carbons (Fsp3) is 0.364. The van der Waals surface area contributed by atoms with Crippen LogP contribution >= 0.6 is 11.8 Å². The normalized spacial score (nSPS) is 11.3. The van der Waals surface area contributed by atoms with Crippen molar-refractivity contribution in [3.8, 4) is 0 Å². The van der Waals surface area contributed by atoms with Gasteiger partial charge in [-0.3, -0.25) is 9.59 Å². The van der Waals surface area contributed by atoms with Gasteiger partial charge in [-0.05, 0) is 65.8 Å². The van der Waals surface area contributed by atoms with E-state index < -0.39 is 5.91 Å². The van der Waals surface area contributed by atoms with Crippen LogP contribution in [0, 0.1) is 13.8 Å². The third-order valence-corrected chi connectivity index (χ3v) is 5.45. The van der Waals surface area contributed by atoms with Crippen LogP contribution in [0.3, 0.4) is 0 Å². The van der Waals surface area contributed by atoms with Gasteiger partial charge in [0, 0.05) is 17.0 Å². The lowest BCUT2D eigenvalue weighted by atomic mass is 9.84. The van der Waals surface area contributed by atoms with E-state index in [2.05, 4.69) is 52.1 Å². The molecule has 0 saturated carbocycles. The predicted molar refractivity (Wildman–Crippen MR) is 114 cm³/mol. The number of thioether (sulfide) groups is 1. The molecular weight excluding hydrogens is 356 g/mol. The van der Waals surface area contributed by atoms with Crippen molar-refractivity contribution in [2.75, 3.05) is 11.1 Å². The zero-order valence-electron chi connectivity index (χ0n) is 16.7. The highest BCUT2D eigenvalue weighted by Crippen LogP contribution is 2.28. The predicted octanol–water partition coefficient (Wildman–Crippen LogP) is 4.57. The van der Waals surface area contributed by atoms with Crippen molar-refractivity contribution in [1.29, 1.82) is 0 Å². The average molecular weight is 385 g/mol. The third kappa shape index (κ3) is 5.86. The Balaban J connectivity index is 1.92. The zero-order valence-corrected chi connectivity index (χ0v) is 17.5. The van der Waals surface area contributed by atoms with Gasteiger partial charge >= 0.3 is 0 Å². The van der Waals surface area contributed by atoms with Crippen molar-refractivity contribution in [3.63, 3.8) is 0 Å². The first-order valence-corrected chi connectivity index (χ1v) is 10.1. The highest BCUT2D eigenvalue weighted by molar-refractivity contribution is 7.99. The van der Waals surface area contributed by atoms with Gasteiger partial charge in [0.25, 0.3) is 0 Å². The number of nitrogens with one attached hydrogen (secondary N) is 1. The summed E-state index contributed by atoms with van der Waals surface area (Å²) < 4.78 is 0. The minimum absolute atomic E-state index is 0.0616. The van der Waals surface area contributed by atoms with Gasteiger partial charge in [-0.1, -0.05) is 32.9 Å². The molecule has 2 aromatic carbocycles. The number of hydrogen-bond acceptors (Lipinski definition) is 3. The molecule has 144 valence electrons.